The maximum Gasteiger partial charge on any atom is 0.247 e. The van der Waals surface area contributed by atoms with Gasteiger partial charge in [0, 0.05) is 31.8 Å². The lowest BCUT2D eigenvalue weighted by Gasteiger charge is -2.43. The fourth-order valence-corrected chi connectivity index (χ4v) is 5.94. The number of halogens is 1. The Bertz CT molecular complexity index is 1150. The Morgan fingerprint density at radius 2 is 1.57 bits per heavy atom. The van der Waals surface area contributed by atoms with Gasteiger partial charge in [0.05, 0.1) is 17.7 Å². The Balaban J connectivity index is 1.27. The topological polar surface area (TPSA) is 90.4 Å². The third-order valence-corrected chi connectivity index (χ3v) is 8.00. The number of likely N-dealkylation sites (tertiary alicyclic amines) is 2. The van der Waals surface area contributed by atoms with Gasteiger partial charge < -0.3 is 4.90 Å². The zero-order valence-corrected chi connectivity index (χ0v) is 21.4. The quantitative estimate of drug-likeness (QED) is 0.462. The largest absolute Gasteiger partial charge is 0.341 e. The number of carbonyl (C=O) groups is 4. The Kier molecular flexibility index (Phi) is 6.72. The summed E-state index contributed by atoms with van der Waals surface area (Å²) in [6.45, 7) is 4.37. The number of hydrazone groups is 1. The highest BCUT2D eigenvalue weighted by molar-refractivity contribution is 6.07. The molecule has 9 heteroatoms. The minimum Gasteiger partial charge on any atom is -0.341 e. The summed E-state index contributed by atoms with van der Waals surface area (Å²) in [5.41, 5.74) is 1.24. The van der Waals surface area contributed by atoms with E-state index in [9.17, 15) is 23.6 Å². The van der Waals surface area contributed by atoms with Crippen LogP contribution in [0.3, 0.4) is 0 Å². The Hall–Kier alpha value is -3.36. The van der Waals surface area contributed by atoms with Gasteiger partial charge in [0.25, 0.3) is 0 Å². The highest BCUT2D eigenvalue weighted by Crippen LogP contribution is 2.37. The summed E-state index contributed by atoms with van der Waals surface area (Å²) in [6.07, 6.45) is 7.08. The van der Waals surface area contributed by atoms with Crippen LogP contribution in [0.2, 0.25) is 0 Å². The molecule has 4 amide bonds. The van der Waals surface area contributed by atoms with Crippen LogP contribution < -0.4 is 0 Å². The number of amides is 4. The van der Waals surface area contributed by atoms with Crippen LogP contribution in [0, 0.1) is 23.1 Å². The molecule has 1 aromatic rings. The molecule has 0 unspecified atom stereocenters. The molecule has 1 aliphatic carbocycles. The molecule has 5 rings (SSSR count). The summed E-state index contributed by atoms with van der Waals surface area (Å²) in [7, 11) is 0. The van der Waals surface area contributed by atoms with E-state index in [2.05, 4.69) is 6.08 Å². The number of allylic oxidation sites excluding steroid dienone is 2. The molecule has 37 heavy (non-hydrogen) atoms. The number of piperidine rings is 2. The van der Waals surface area contributed by atoms with Crippen molar-refractivity contribution in [2.75, 3.05) is 19.6 Å². The van der Waals surface area contributed by atoms with Crippen molar-refractivity contribution in [1.82, 2.24) is 14.8 Å². The second-order valence-corrected chi connectivity index (χ2v) is 11.3. The van der Waals surface area contributed by atoms with Crippen LogP contribution in [0.25, 0.3) is 0 Å². The highest BCUT2D eigenvalue weighted by atomic mass is 19.1. The Labute approximate surface area is 216 Å². The van der Waals surface area contributed by atoms with Crippen molar-refractivity contribution < 1.29 is 23.6 Å². The monoisotopic (exact) mass is 508 g/mol. The summed E-state index contributed by atoms with van der Waals surface area (Å²) >= 11 is 0. The minimum absolute atomic E-state index is 0.00267. The van der Waals surface area contributed by atoms with Crippen molar-refractivity contribution in [3.8, 4) is 0 Å². The number of benzene rings is 1. The van der Waals surface area contributed by atoms with E-state index in [1.807, 2.05) is 19.9 Å². The van der Waals surface area contributed by atoms with E-state index in [1.165, 1.54) is 12.1 Å². The van der Waals surface area contributed by atoms with Crippen molar-refractivity contribution in [2.24, 2.45) is 22.4 Å². The van der Waals surface area contributed by atoms with Crippen LogP contribution >= 0.6 is 0 Å². The molecule has 1 aromatic carbocycles. The van der Waals surface area contributed by atoms with Crippen molar-refractivity contribution in [2.45, 2.75) is 58.4 Å². The first-order chi connectivity index (χ1) is 17.6. The van der Waals surface area contributed by atoms with E-state index in [-0.39, 0.29) is 72.1 Å². The van der Waals surface area contributed by atoms with Crippen molar-refractivity contribution in [1.29, 1.82) is 0 Å². The summed E-state index contributed by atoms with van der Waals surface area (Å²) in [5, 5.41) is 6.41. The van der Waals surface area contributed by atoms with E-state index < -0.39 is 0 Å². The van der Waals surface area contributed by atoms with Gasteiger partial charge >= 0.3 is 0 Å². The van der Waals surface area contributed by atoms with Gasteiger partial charge in [-0.25, -0.2) is 9.40 Å². The summed E-state index contributed by atoms with van der Waals surface area (Å²) in [5.74, 6) is -1.42. The molecular formula is C28H33FN4O4. The number of rotatable bonds is 4. The smallest absolute Gasteiger partial charge is 0.247 e. The second kappa shape index (κ2) is 9.84. The first-order valence-corrected chi connectivity index (χ1v) is 13.1. The molecule has 196 valence electrons. The van der Waals surface area contributed by atoms with Gasteiger partial charge in [0.1, 0.15) is 12.4 Å². The van der Waals surface area contributed by atoms with Crippen LogP contribution in [-0.4, -0.2) is 69.8 Å². The molecule has 0 radical (unpaired) electrons. The molecule has 3 heterocycles. The second-order valence-electron chi connectivity index (χ2n) is 11.3. The highest BCUT2D eigenvalue weighted by Gasteiger charge is 2.43. The predicted molar refractivity (Wildman–Crippen MR) is 134 cm³/mol. The zero-order chi connectivity index (χ0) is 26.3. The van der Waals surface area contributed by atoms with Crippen LogP contribution in [0.1, 0.15) is 57.9 Å². The van der Waals surface area contributed by atoms with E-state index in [0.29, 0.717) is 32.4 Å². The fourth-order valence-electron chi connectivity index (χ4n) is 5.94. The number of nitrogens with zero attached hydrogens (tertiary/aromatic N) is 4. The lowest BCUT2D eigenvalue weighted by Crippen LogP contribution is -2.55. The average molecular weight is 509 g/mol. The normalized spacial score (nSPS) is 26.3. The number of carbonyl (C=O) groups excluding carboxylic acids is 4. The van der Waals surface area contributed by atoms with Crippen molar-refractivity contribution in [3.05, 3.63) is 47.8 Å². The van der Waals surface area contributed by atoms with Crippen LogP contribution in [0.5, 0.6) is 0 Å². The molecule has 8 nitrogen and oxygen atoms in total. The molecule has 4 aliphatic rings. The number of fused-ring (bicyclic) bond motifs is 1. The van der Waals surface area contributed by atoms with Crippen molar-refractivity contribution >= 4 is 29.3 Å². The van der Waals surface area contributed by atoms with Crippen LogP contribution in [0.15, 0.2) is 41.5 Å². The van der Waals surface area contributed by atoms with Gasteiger partial charge in [-0.3, -0.25) is 24.1 Å². The fraction of sp³-hybridized carbons (Fsp3) is 0.536. The molecular weight excluding hydrogens is 475 g/mol. The van der Waals surface area contributed by atoms with E-state index in [0.717, 1.165) is 22.6 Å². The van der Waals surface area contributed by atoms with Gasteiger partial charge in [0.2, 0.25) is 23.6 Å². The summed E-state index contributed by atoms with van der Waals surface area (Å²) < 4.78 is 13.6. The van der Waals surface area contributed by atoms with Gasteiger partial charge in [-0.15, -0.1) is 0 Å². The van der Waals surface area contributed by atoms with Crippen LogP contribution in [-0.2, 0) is 19.2 Å². The summed E-state index contributed by atoms with van der Waals surface area (Å²) in [6, 6.07) is 6.09. The lowest BCUT2D eigenvalue weighted by molar-refractivity contribution is -0.157. The Morgan fingerprint density at radius 1 is 0.973 bits per heavy atom. The number of hydrogen-bond acceptors (Lipinski definition) is 5. The third-order valence-electron chi connectivity index (χ3n) is 8.00. The van der Waals surface area contributed by atoms with Gasteiger partial charge in [0.15, 0.2) is 0 Å². The van der Waals surface area contributed by atoms with Gasteiger partial charge in [-0.1, -0.05) is 38.1 Å². The number of hydrogen-bond donors (Lipinski definition) is 0. The molecule has 3 aliphatic heterocycles. The standard InChI is InChI=1S/C28H33FN4O4/c1-28(2)15-23(34)32(24(35)16-28)17-25(36)31-13-11-20(12-14-31)33-27(37)22-6-4-3-5-21(22)26(30-33)18-7-9-19(29)10-8-18/h3-4,7-10,20-22H,5-6,11-17H2,1-2H3/t21-,22+/m0/s1. The minimum atomic E-state index is -0.381. The first kappa shape index (κ1) is 25.3. The molecule has 0 N–H and O–H groups in total. The SMILES string of the molecule is CC1(C)CC(=O)N(CC(=O)N2CCC(N3N=C(c4ccc(F)cc4)[C@H]4CC=CC[C@H]4C3=O)CC2)C(=O)C1. The third kappa shape index (κ3) is 5.08. The molecule has 2 atom stereocenters. The zero-order valence-electron chi connectivity index (χ0n) is 21.4. The van der Waals surface area contributed by atoms with E-state index in [1.54, 1.807) is 22.0 Å². The van der Waals surface area contributed by atoms with Crippen LogP contribution in [0.4, 0.5) is 4.39 Å². The summed E-state index contributed by atoms with van der Waals surface area (Å²) in [4.78, 5) is 54.1. The maximum atomic E-state index is 13.6. The lowest BCUT2D eigenvalue weighted by atomic mass is 9.76. The molecule has 2 fully saturated rings. The first-order valence-electron chi connectivity index (χ1n) is 13.1. The number of imide groups is 1. The predicted octanol–water partition coefficient (Wildman–Crippen LogP) is 3.12. The molecule has 0 bridgehead atoms. The molecule has 2 saturated heterocycles. The molecule has 0 aromatic heterocycles. The average Bonchev–Trinajstić information content (AvgIpc) is 2.87. The maximum absolute atomic E-state index is 13.6. The molecule has 0 saturated carbocycles. The van der Waals surface area contributed by atoms with Gasteiger partial charge in [-0.05, 0) is 48.8 Å². The molecule has 0 spiro atoms. The van der Waals surface area contributed by atoms with Crippen molar-refractivity contribution in [3.63, 3.8) is 0 Å². The Morgan fingerprint density at radius 3 is 2.19 bits per heavy atom. The van der Waals surface area contributed by atoms with E-state index in [4.69, 9.17) is 5.10 Å². The van der Waals surface area contributed by atoms with Gasteiger partial charge in [-0.2, -0.15) is 5.10 Å². The van der Waals surface area contributed by atoms with E-state index >= 15 is 0 Å².